The third kappa shape index (κ3) is 2.90. The molecule has 176 valence electrons. The standard InChI is InChI=1S/C25H25N3O6/c29-18-8-7-13(11-19(18)30)10-17-20-21(23(32)28(22(20)31)12-14-4-3-9-34-14)25(27-17)15-5-1-2-6-16(15)26-24(25)33/h1-2,5-8,11,14,17,20-21,27,29-30H,3-4,9-10,12H2,(H,26,33)/t14?,17-,20-,21+,25+/m0/s1. The summed E-state index contributed by atoms with van der Waals surface area (Å²) in [6.45, 7) is 0.804. The van der Waals surface area contributed by atoms with E-state index in [1.807, 2.05) is 18.2 Å². The Labute approximate surface area is 195 Å². The summed E-state index contributed by atoms with van der Waals surface area (Å²) in [6, 6.07) is 11.2. The van der Waals surface area contributed by atoms with Crippen molar-refractivity contribution in [2.45, 2.75) is 36.9 Å². The van der Waals surface area contributed by atoms with E-state index in [0.29, 0.717) is 29.8 Å². The second kappa shape index (κ2) is 7.54. The molecule has 2 aromatic carbocycles. The molecule has 9 nitrogen and oxygen atoms in total. The molecule has 4 N–H and O–H groups in total. The van der Waals surface area contributed by atoms with Crippen LogP contribution in [0.1, 0.15) is 24.0 Å². The van der Waals surface area contributed by atoms with Crippen molar-refractivity contribution in [1.29, 1.82) is 0 Å². The van der Waals surface area contributed by atoms with Crippen LogP contribution in [-0.4, -0.2) is 58.1 Å². The van der Waals surface area contributed by atoms with Crippen molar-refractivity contribution in [2.75, 3.05) is 18.5 Å². The van der Waals surface area contributed by atoms with Crippen molar-refractivity contribution in [2.24, 2.45) is 11.8 Å². The molecule has 34 heavy (non-hydrogen) atoms. The molecule has 0 saturated carbocycles. The lowest BCUT2D eigenvalue weighted by atomic mass is 9.76. The van der Waals surface area contributed by atoms with Gasteiger partial charge in [0, 0.05) is 23.9 Å². The summed E-state index contributed by atoms with van der Waals surface area (Å²) < 4.78 is 5.68. The van der Waals surface area contributed by atoms with Crippen molar-refractivity contribution in [3.05, 3.63) is 53.6 Å². The van der Waals surface area contributed by atoms with Crippen LogP contribution in [0.3, 0.4) is 0 Å². The number of imide groups is 1. The van der Waals surface area contributed by atoms with Gasteiger partial charge in [-0.2, -0.15) is 0 Å². The number of amides is 3. The molecule has 3 amide bonds. The lowest BCUT2D eigenvalue weighted by molar-refractivity contribution is -0.144. The molecule has 1 unspecified atom stereocenters. The minimum Gasteiger partial charge on any atom is -0.504 e. The number of carbonyl (C=O) groups is 3. The number of phenolic OH excluding ortho intramolecular Hbond substituents is 2. The van der Waals surface area contributed by atoms with Gasteiger partial charge in [0.15, 0.2) is 11.5 Å². The number of phenols is 2. The molecule has 0 radical (unpaired) electrons. The van der Waals surface area contributed by atoms with E-state index in [9.17, 15) is 24.6 Å². The average Bonchev–Trinajstić information content (AvgIpc) is 3.56. The van der Waals surface area contributed by atoms with E-state index < -0.39 is 23.4 Å². The number of ether oxygens (including phenoxy) is 1. The first-order valence-electron chi connectivity index (χ1n) is 11.6. The maximum absolute atomic E-state index is 13.8. The van der Waals surface area contributed by atoms with E-state index in [1.165, 1.54) is 17.0 Å². The number of fused-ring (bicyclic) bond motifs is 4. The highest BCUT2D eigenvalue weighted by molar-refractivity contribution is 6.15. The number of nitrogens with zero attached hydrogens (tertiary/aromatic N) is 1. The molecule has 1 spiro atoms. The first-order chi connectivity index (χ1) is 16.4. The molecule has 4 aliphatic heterocycles. The average molecular weight is 463 g/mol. The molecule has 0 bridgehead atoms. The number of carbonyl (C=O) groups excluding carboxylic acids is 3. The van der Waals surface area contributed by atoms with Gasteiger partial charge in [0.05, 0.1) is 24.5 Å². The Balaban J connectivity index is 1.42. The van der Waals surface area contributed by atoms with Crippen LogP contribution in [0.5, 0.6) is 11.5 Å². The molecule has 3 saturated heterocycles. The van der Waals surface area contributed by atoms with Crippen molar-refractivity contribution < 1.29 is 29.3 Å². The summed E-state index contributed by atoms with van der Waals surface area (Å²) in [5.74, 6) is -3.15. The second-order valence-corrected chi connectivity index (χ2v) is 9.51. The maximum Gasteiger partial charge on any atom is 0.250 e. The second-order valence-electron chi connectivity index (χ2n) is 9.51. The molecular formula is C25H25N3O6. The van der Waals surface area contributed by atoms with Crippen LogP contribution < -0.4 is 10.6 Å². The van der Waals surface area contributed by atoms with Gasteiger partial charge in [0.1, 0.15) is 5.54 Å². The highest BCUT2D eigenvalue weighted by Gasteiger charge is 2.70. The quantitative estimate of drug-likeness (QED) is 0.397. The molecule has 5 atom stereocenters. The summed E-state index contributed by atoms with van der Waals surface area (Å²) in [5, 5.41) is 25.9. The van der Waals surface area contributed by atoms with Crippen LogP contribution >= 0.6 is 0 Å². The van der Waals surface area contributed by atoms with Crippen LogP contribution in [0, 0.1) is 11.8 Å². The van der Waals surface area contributed by atoms with E-state index in [1.54, 1.807) is 12.1 Å². The highest BCUT2D eigenvalue weighted by Crippen LogP contribution is 2.53. The lowest BCUT2D eigenvalue weighted by Gasteiger charge is -2.30. The smallest absolute Gasteiger partial charge is 0.250 e. The van der Waals surface area contributed by atoms with Crippen molar-refractivity contribution in [1.82, 2.24) is 10.2 Å². The fourth-order valence-corrected chi connectivity index (χ4v) is 6.11. The topological polar surface area (TPSA) is 128 Å². The number of anilines is 1. The van der Waals surface area contributed by atoms with E-state index in [-0.39, 0.29) is 41.9 Å². The van der Waals surface area contributed by atoms with Gasteiger partial charge in [-0.15, -0.1) is 0 Å². The van der Waals surface area contributed by atoms with Crippen molar-refractivity contribution in [3.8, 4) is 11.5 Å². The monoisotopic (exact) mass is 463 g/mol. The fraction of sp³-hybridized carbons (Fsp3) is 0.400. The van der Waals surface area contributed by atoms with Gasteiger partial charge < -0.3 is 20.3 Å². The van der Waals surface area contributed by atoms with Gasteiger partial charge in [0.25, 0.3) is 0 Å². The van der Waals surface area contributed by atoms with Gasteiger partial charge >= 0.3 is 0 Å². The van der Waals surface area contributed by atoms with E-state index in [2.05, 4.69) is 10.6 Å². The van der Waals surface area contributed by atoms with Gasteiger partial charge in [-0.1, -0.05) is 24.3 Å². The maximum atomic E-state index is 13.8. The Hall–Kier alpha value is -3.43. The van der Waals surface area contributed by atoms with Crippen LogP contribution in [0.15, 0.2) is 42.5 Å². The highest BCUT2D eigenvalue weighted by atomic mass is 16.5. The first-order valence-corrected chi connectivity index (χ1v) is 11.6. The summed E-state index contributed by atoms with van der Waals surface area (Å²) in [5.41, 5.74) is 0.599. The summed E-state index contributed by atoms with van der Waals surface area (Å²) in [7, 11) is 0. The predicted molar refractivity (Wildman–Crippen MR) is 120 cm³/mol. The Bertz CT molecular complexity index is 1210. The number of benzene rings is 2. The molecule has 9 heteroatoms. The zero-order valence-corrected chi connectivity index (χ0v) is 18.4. The molecule has 0 aliphatic carbocycles. The molecule has 4 heterocycles. The van der Waals surface area contributed by atoms with Crippen LogP contribution in [-0.2, 0) is 31.1 Å². The van der Waals surface area contributed by atoms with E-state index in [0.717, 1.165) is 12.8 Å². The number of hydrogen-bond donors (Lipinski definition) is 4. The van der Waals surface area contributed by atoms with Gasteiger partial charge in [-0.25, -0.2) is 0 Å². The zero-order chi connectivity index (χ0) is 23.6. The number of nitrogens with one attached hydrogen (secondary N) is 2. The number of aromatic hydroxyl groups is 2. The lowest BCUT2D eigenvalue weighted by Crippen LogP contribution is -2.54. The SMILES string of the molecule is O=C1[C@H]2[C@H](Cc3ccc(O)c(O)c3)N[C@@]3(C(=O)Nc4ccccc43)[C@H]2C(=O)N1CC1CCCO1. The van der Waals surface area contributed by atoms with E-state index in [4.69, 9.17) is 4.74 Å². The number of rotatable bonds is 4. The molecule has 6 rings (SSSR count). The van der Waals surface area contributed by atoms with E-state index >= 15 is 0 Å². The van der Waals surface area contributed by atoms with Gasteiger partial charge in [-0.3, -0.25) is 24.6 Å². The fourth-order valence-electron chi connectivity index (χ4n) is 6.11. The normalized spacial score (nSPS) is 31.9. The summed E-state index contributed by atoms with van der Waals surface area (Å²) in [6.07, 6.45) is 1.78. The summed E-state index contributed by atoms with van der Waals surface area (Å²) >= 11 is 0. The Morgan fingerprint density at radius 3 is 2.65 bits per heavy atom. The largest absolute Gasteiger partial charge is 0.504 e. The number of para-hydroxylation sites is 1. The third-order valence-electron chi connectivity index (χ3n) is 7.62. The zero-order valence-electron chi connectivity index (χ0n) is 18.4. The van der Waals surface area contributed by atoms with Crippen molar-refractivity contribution in [3.63, 3.8) is 0 Å². The third-order valence-corrected chi connectivity index (χ3v) is 7.62. The molecule has 4 aliphatic rings. The minimum absolute atomic E-state index is 0.187. The van der Waals surface area contributed by atoms with Crippen LogP contribution in [0.2, 0.25) is 0 Å². The van der Waals surface area contributed by atoms with Gasteiger partial charge in [0.2, 0.25) is 17.7 Å². The molecule has 0 aromatic heterocycles. The molecule has 2 aromatic rings. The van der Waals surface area contributed by atoms with Gasteiger partial charge in [-0.05, 0) is 43.0 Å². The molecule has 3 fully saturated rings. The van der Waals surface area contributed by atoms with Crippen LogP contribution in [0.25, 0.3) is 0 Å². The molecular weight excluding hydrogens is 438 g/mol. The Morgan fingerprint density at radius 1 is 1.06 bits per heavy atom. The Kier molecular flexibility index (Phi) is 4.69. The van der Waals surface area contributed by atoms with Crippen LogP contribution in [0.4, 0.5) is 5.69 Å². The minimum atomic E-state index is -1.36. The van der Waals surface area contributed by atoms with Crippen molar-refractivity contribution >= 4 is 23.4 Å². The first kappa shape index (κ1) is 21.1. The number of likely N-dealkylation sites (tertiary alicyclic amines) is 1. The Morgan fingerprint density at radius 2 is 1.88 bits per heavy atom. The summed E-state index contributed by atoms with van der Waals surface area (Å²) in [4.78, 5) is 42.1. The number of hydrogen-bond acceptors (Lipinski definition) is 7. The predicted octanol–water partition coefficient (Wildman–Crippen LogP) is 1.24.